The largest absolute Gasteiger partial charge is 0.478 e. The quantitative estimate of drug-likeness (QED) is 0.533. The SMILES string of the molecule is O=C(O)c1ccccc1.O=C(OCC1CC(OC(=O)c2ccccc2)CCO1)c1ccccc1. The summed E-state index contributed by atoms with van der Waals surface area (Å²) < 4.78 is 16.5. The smallest absolute Gasteiger partial charge is 0.338 e. The van der Waals surface area contributed by atoms with Crippen molar-refractivity contribution in [3.05, 3.63) is 108 Å². The van der Waals surface area contributed by atoms with Gasteiger partial charge in [-0.1, -0.05) is 54.6 Å². The first kappa shape index (κ1) is 24.7. The van der Waals surface area contributed by atoms with Crippen molar-refractivity contribution in [3.8, 4) is 0 Å². The Kier molecular flexibility index (Phi) is 9.37. The van der Waals surface area contributed by atoms with Crippen molar-refractivity contribution in [1.82, 2.24) is 0 Å². The van der Waals surface area contributed by atoms with Crippen molar-refractivity contribution in [2.24, 2.45) is 0 Å². The maximum atomic E-state index is 12.1. The Hall–Kier alpha value is -3.97. The lowest BCUT2D eigenvalue weighted by Crippen LogP contribution is -2.35. The van der Waals surface area contributed by atoms with Crippen LogP contribution < -0.4 is 0 Å². The van der Waals surface area contributed by atoms with Crippen LogP contribution in [0.3, 0.4) is 0 Å². The standard InChI is InChI=1S/C20H20O5.C7H6O2/c21-19(15-7-3-1-4-8-15)24-14-18-13-17(11-12-23-18)25-20(22)16-9-5-2-6-10-16;8-7(9)6-4-2-1-3-5-6/h1-10,17-18H,11-14H2;1-5H,(H,8,9). The van der Waals surface area contributed by atoms with Gasteiger partial charge in [0.25, 0.3) is 0 Å². The number of rotatable bonds is 6. The summed E-state index contributed by atoms with van der Waals surface area (Å²) >= 11 is 0. The molecule has 1 saturated heterocycles. The number of ether oxygens (including phenoxy) is 3. The molecule has 0 spiro atoms. The molecule has 1 fully saturated rings. The van der Waals surface area contributed by atoms with Crippen LogP contribution >= 0.6 is 0 Å². The van der Waals surface area contributed by atoms with E-state index in [-0.39, 0.29) is 30.8 Å². The van der Waals surface area contributed by atoms with Gasteiger partial charge in [-0.05, 0) is 36.4 Å². The molecular formula is C27H26O7. The Balaban J connectivity index is 0.000000302. The van der Waals surface area contributed by atoms with Crippen molar-refractivity contribution in [1.29, 1.82) is 0 Å². The zero-order valence-corrected chi connectivity index (χ0v) is 18.5. The van der Waals surface area contributed by atoms with Crippen LogP contribution in [-0.4, -0.2) is 48.4 Å². The molecule has 176 valence electrons. The number of carbonyl (C=O) groups excluding carboxylic acids is 2. The molecule has 7 heteroatoms. The Morgan fingerprint density at radius 2 is 1.26 bits per heavy atom. The van der Waals surface area contributed by atoms with E-state index in [0.29, 0.717) is 36.1 Å². The van der Waals surface area contributed by atoms with Gasteiger partial charge in [-0.2, -0.15) is 0 Å². The molecule has 0 bridgehead atoms. The molecule has 0 aliphatic carbocycles. The Bertz CT molecular complexity index is 1050. The van der Waals surface area contributed by atoms with Gasteiger partial charge in [0, 0.05) is 12.8 Å². The van der Waals surface area contributed by atoms with Gasteiger partial charge in [0.2, 0.25) is 0 Å². The molecular weight excluding hydrogens is 436 g/mol. The van der Waals surface area contributed by atoms with Gasteiger partial charge < -0.3 is 19.3 Å². The lowest BCUT2D eigenvalue weighted by molar-refractivity contribution is -0.0759. The first-order valence-electron chi connectivity index (χ1n) is 10.9. The van der Waals surface area contributed by atoms with E-state index in [9.17, 15) is 14.4 Å². The average molecular weight is 462 g/mol. The lowest BCUT2D eigenvalue weighted by atomic mass is 10.1. The zero-order chi connectivity index (χ0) is 24.2. The van der Waals surface area contributed by atoms with Crippen LogP contribution in [0.5, 0.6) is 0 Å². The molecule has 0 amide bonds. The van der Waals surface area contributed by atoms with Crippen LogP contribution in [0.1, 0.15) is 43.9 Å². The Morgan fingerprint density at radius 3 is 1.76 bits per heavy atom. The predicted molar refractivity (Wildman–Crippen MR) is 125 cm³/mol. The van der Waals surface area contributed by atoms with Crippen molar-refractivity contribution >= 4 is 17.9 Å². The van der Waals surface area contributed by atoms with Crippen molar-refractivity contribution in [2.75, 3.05) is 13.2 Å². The third-order valence-corrected chi connectivity index (χ3v) is 5.03. The van der Waals surface area contributed by atoms with Crippen LogP contribution in [0.25, 0.3) is 0 Å². The maximum absolute atomic E-state index is 12.1. The van der Waals surface area contributed by atoms with Gasteiger partial charge in [-0.3, -0.25) is 0 Å². The summed E-state index contributed by atoms with van der Waals surface area (Å²) in [4.78, 5) is 34.3. The fraction of sp³-hybridized carbons (Fsp3) is 0.222. The second-order valence-electron chi connectivity index (χ2n) is 7.55. The number of carboxylic acid groups (broad SMARTS) is 1. The fourth-order valence-electron chi connectivity index (χ4n) is 3.27. The third-order valence-electron chi connectivity index (χ3n) is 5.03. The number of carbonyl (C=O) groups is 3. The zero-order valence-electron chi connectivity index (χ0n) is 18.5. The first-order valence-corrected chi connectivity index (χ1v) is 10.9. The number of aromatic carboxylic acids is 1. The summed E-state index contributed by atoms with van der Waals surface area (Å²) in [5.74, 6) is -1.60. The van der Waals surface area contributed by atoms with Crippen LogP contribution in [0.4, 0.5) is 0 Å². The summed E-state index contributed by atoms with van der Waals surface area (Å²) in [5, 5.41) is 8.38. The summed E-state index contributed by atoms with van der Waals surface area (Å²) in [7, 11) is 0. The highest BCUT2D eigenvalue weighted by Crippen LogP contribution is 2.19. The number of hydrogen-bond acceptors (Lipinski definition) is 6. The molecule has 1 aliphatic heterocycles. The van der Waals surface area contributed by atoms with E-state index in [1.807, 2.05) is 12.1 Å². The monoisotopic (exact) mass is 462 g/mol. The predicted octanol–water partition coefficient (Wildman–Crippen LogP) is 4.63. The number of hydrogen-bond donors (Lipinski definition) is 1. The van der Waals surface area contributed by atoms with E-state index in [0.717, 1.165) is 0 Å². The average Bonchev–Trinajstić information content (AvgIpc) is 2.89. The van der Waals surface area contributed by atoms with Crippen LogP contribution in [0.2, 0.25) is 0 Å². The second kappa shape index (κ2) is 12.9. The fourth-order valence-corrected chi connectivity index (χ4v) is 3.27. The molecule has 1 aliphatic rings. The Morgan fingerprint density at radius 1 is 0.765 bits per heavy atom. The molecule has 3 aromatic carbocycles. The molecule has 4 rings (SSSR count). The van der Waals surface area contributed by atoms with E-state index in [1.165, 1.54) is 0 Å². The van der Waals surface area contributed by atoms with Gasteiger partial charge in [0.15, 0.2) is 0 Å². The highest BCUT2D eigenvalue weighted by Gasteiger charge is 2.27. The van der Waals surface area contributed by atoms with E-state index >= 15 is 0 Å². The van der Waals surface area contributed by atoms with Crippen LogP contribution in [0, 0.1) is 0 Å². The molecule has 0 saturated carbocycles. The van der Waals surface area contributed by atoms with Crippen LogP contribution in [0.15, 0.2) is 91.0 Å². The summed E-state index contributed by atoms with van der Waals surface area (Å²) in [5.41, 5.74) is 1.36. The van der Waals surface area contributed by atoms with E-state index in [1.54, 1.807) is 78.9 Å². The lowest BCUT2D eigenvalue weighted by Gasteiger charge is -2.29. The molecule has 3 aromatic rings. The van der Waals surface area contributed by atoms with Gasteiger partial charge in [0.05, 0.1) is 29.4 Å². The van der Waals surface area contributed by atoms with Gasteiger partial charge in [-0.25, -0.2) is 14.4 Å². The van der Waals surface area contributed by atoms with Crippen molar-refractivity contribution in [3.63, 3.8) is 0 Å². The van der Waals surface area contributed by atoms with Gasteiger partial charge >= 0.3 is 17.9 Å². The molecule has 34 heavy (non-hydrogen) atoms. The molecule has 2 unspecified atom stereocenters. The van der Waals surface area contributed by atoms with Crippen molar-refractivity contribution < 1.29 is 33.7 Å². The van der Waals surface area contributed by atoms with E-state index in [4.69, 9.17) is 19.3 Å². The molecule has 1 heterocycles. The van der Waals surface area contributed by atoms with E-state index in [2.05, 4.69) is 0 Å². The minimum Gasteiger partial charge on any atom is -0.478 e. The Labute approximate surface area is 197 Å². The maximum Gasteiger partial charge on any atom is 0.338 e. The molecule has 0 radical (unpaired) electrons. The van der Waals surface area contributed by atoms with Crippen molar-refractivity contribution in [2.45, 2.75) is 25.0 Å². The topological polar surface area (TPSA) is 99.1 Å². The highest BCUT2D eigenvalue weighted by molar-refractivity contribution is 5.90. The summed E-state index contributed by atoms with van der Waals surface area (Å²) in [6.07, 6.45) is 0.652. The minimum atomic E-state index is -0.879. The van der Waals surface area contributed by atoms with Crippen LogP contribution in [-0.2, 0) is 14.2 Å². The number of esters is 2. The summed E-state index contributed by atoms with van der Waals surface area (Å²) in [6.45, 7) is 0.618. The minimum absolute atomic E-state index is 0.146. The third kappa shape index (κ3) is 7.86. The molecule has 1 N–H and O–H groups in total. The summed E-state index contributed by atoms with van der Waals surface area (Å²) in [6, 6.07) is 26.0. The molecule has 2 atom stereocenters. The molecule has 7 nitrogen and oxygen atoms in total. The number of benzene rings is 3. The normalized spacial score (nSPS) is 16.9. The highest BCUT2D eigenvalue weighted by atomic mass is 16.6. The van der Waals surface area contributed by atoms with E-state index < -0.39 is 5.97 Å². The second-order valence-corrected chi connectivity index (χ2v) is 7.55. The first-order chi connectivity index (χ1) is 16.5. The van der Waals surface area contributed by atoms with Gasteiger partial charge in [-0.15, -0.1) is 0 Å². The number of carboxylic acids is 1. The molecule has 0 aromatic heterocycles. The van der Waals surface area contributed by atoms with Gasteiger partial charge in [0.1, 0.15) is 12.7 Å².